The molecule has 2 aliphatic carbocycles. The molecule has 98 valence electrons. The second kappa shape index (κ2) is 3.08. The number of fused-ring (bicyclic) bond motifs is 1. The Hall–Kier alpha value is -0.0800. The lowest BCUT2D eigenvalue weighted by molar-refractivity contribution is -0.205. The van der Waals surface area contributed by atoms with Gasteiger partial charge < -0.3 is 9.84 Å². The number of aliphatic hydroxyl groups is 1. The van der Waals surface area contributed by atoms with Crippen molar-refractivity contribution in [2.24, 2.45) is 11.3 Å². The Labute approximate surface area is 105 Å². The average molecular weight is 238 g/mol. The average Bonchev–Trinajstić information content (AvgIpc) is 2.38. The molecule has 17 heavy (non-hydrogen) atoms. The van der Waals surface area contributed by atoms with Crippen molar-refractivity contribution in [3.05, 3.63) is 0 Å². The Morgan fingerprint density at radius 1 is 1.06 bits per heavy atom. The van der Waals surface area contributed by atoms with E-state index < -0.39 is 5.60 Å². The van der Waals surface area contributed by atoms with E-state index in [1.165, 1.54) is 12.8 Å². The molecule has 0 aromatic heterocycles. The smallest absolute Gasteiger partial charge is 0.0774 e. The summed E-state index contributed by atoms with van der Waals surface area (Å²) in [7, 11) is 0. The third kappa shape index (κ3) is 1.53. The number of ether oxygens (including phenoxy) is 1. The third-order valence-electron chi connectivity index (χ3n) is 6.04. The molecule has 0 aromatic carbocycles. The lowest BCUT2D eigenvalue weighted by atomic mass is 9.53. The zero-order valence-electron chi connectivity index (χ0n) is 11.7. The van der Waals surface area contributed by atoms with Gasteiger partial charge in [-0.05, 0) is 64.2 Å². The van der Waals surface area contributed by atoms with E-state index in [-0.39, 0.29) is 11.2 Å². The molecule has 1 aliphatic heterocycles. The van der Waals surface area contributed by atoms with E-state index >= 15 is 0 Å². The fourth-order valence-electron chi connectivity index (χ4n) is 4.74. The van der Waals surface area contributed by atoms with Crippen molar-refractivity contribution in [1.82, 2.24) is 0 Å². The summed E-state index contributed by atoms with van der Waals surface area (Å²) in [5.41, 5.74) is -0.284. The molecule has 4 atom stereocenters. The van der Waals surface area contributed by atoms with E-state index in [2.05, 4.69) is 20.8 Å². The quantitative estimate of drug-likeness (QED) is 0.702. The zero-order valence-corrected chi connectivity index (χ0v) is 11.7. The molecule has 2 bridgehead atoms. The molecule has 3 fully saturated rings. The Bertz CT molecular complexity index is 343. The predicted octanol–water partition coefficient (Wildman–Crippen LogP) is 3.28. The molecule has 2 saturated carbocycles. The van der Waals surface area contributed by atoms with Crippen LogP contribution in [0, 0.1) is 11.3 Å². The highest BCUT2D eigenvalue weighted by molar-refractivity contribution is 5.15. The van der Waals surface area contributed by atoms with Gasteiger partial charge in [0.15, 0.2) is 0 Å². The van der Waals surface area contributed by atoms with Crippen molar-refractivity contribution in [1.29, 1.82) is 0 Å². The predicted molar refractivity (Wildman–Crippen MR) is 67.8 cm³/mol. The highest BCUT2D eigenvalue weighted by Crippen LogP contribution is 2.65. The summed E-state index contributed by atoms with van der Waals surface area (Å²) in [5, 5.41) is 10.4. The van der Waals surface area contributed by atoms with E-state index in [1.807, 2.05) is 6.92 Å². The number of rotatable bonds is 0. The standard InChI is InChI=1S/C15H26O2/c1-12(2)11-5-6-13(3)7-8-14(4,16)10-15(13,9-11)17-12/h11,16H,5-10H2,1-4H3. The monoisotopic (exact) mass is 238 g/mol. The molecular weight excluding hydrogens is 212 g/mol. The van der Waals surface area contributed by atoms with Gasteiger partial charge in [-0.2, -0.15) is 0 Å². The zero-order chi connectivity index (χ0) is 12.5. The van der Waals surface area contributed by atoms with Gasteiger partial charge in [0.2, 0.25) is 0 Å². The van der Waals surface area contributed by atoms with Crippen LogP contribution >= 0.6 is 0 Å². The highest BCUT2D eigenvalue weighted by atomic mass is 16.5. The fourth-order valence-corrected chi connectivity index (χ4v) is 4.74. The van der Waals surface area contributed by atoms with Crippen LogP contribution in [0.1, 0.15) is 66.2 Å². The molecule has 0 aromatic rings. The van der Waals surface area contributed by atoms with Crippen molar-refractivity contribution in [2.45, 2.75) is 83.0 Å². The maximum absolute atomic E-state index is 10.4. The van der Waals surface area contributed by atoms with Gasteiger partial charge >= 0.3 is 0 Å². The normalized spacial score (nSPS) is 56.6. The van der Waals surface area contributed by atoms with Crippen LogP contribution < -0.4 is 0 Å². The van der Waals surface area contributed by atoms with Crippen molar-refractivity contribution >= 4 is 0 Å². The highest BCUT2D eigenvalue weighted by Gasteiger charge is 2.65. The molecule has 2 heteroatoms. The van der Waals surface area contributed by atoms with Gasteiger partial charge in [0.25, 0.3) is 0 Å². The Morgan fingerprint density at radius 2 is 1.76 bits per heavy atom. The summed E-state index contributed by atoms with van der Waals surface area (Å²) in [6, 6.07) is 0. The van der Waals surface area contributed by atoms with Crippen LogP contribution in [0.5, 0.6) is 0 Å². The van der Waals surface area contributed by atoms with Crippen LogP contribution in [0.2, 0.25) is 0 Å². The number of hydrogen-bond acceptors (Lipinski definition) is 2. The maximum atomic E-state index is 10.4. The molecule has 1 heterocycles. The summed E-state index contributed by atoms with van der Waals surface area (Å²) < 4.78 is 6.54. The summed E-state index contributed by atoms with van der Waals surface area (Å²) in [5.74, 6) is 0.685. The van der Waals surface area contributed by atoms with E-state index in [4.69, 9.17) is 4.74 Å². The number of hydrogen-bond donors (Lipinski definition) is 1. The van der Waals surface area contributed by atoms with Crippen LogP contribution in [0.3, 0.4) is 0 Å². The van der Waals surface area contributed by atoms with Gasteiger partial charge in [0, 0.05) is 6.42 Å². The van der Waals surface area contributed by atoms with Gasteiger partial charge in [0.05, 0.1) is 16.8 Å². The lowest BCUT2D eigenvalue weighted by Gasteiger charge is -2.55. The minimum atomic E-state index is -0.526. The van der Waals surface area contributed by atoms with E-state index in [9.17, 15) is 5.11 Å². The van der Waals surface area contributed by atoms with E-state index in [1.54, 1.807) is 0 Å². The molecule has 0 radical (unpaired) electrons. The Balaban J connectivity index is 2.00. The van der Waals surface area contributed by atoms with Gasteiger partial charge in [-0.25, -0.2) is 0 Å². The van der Waals surface area contributed by atoms with Gasteiger partial charge in [-0.3, -0.25) is 0 Å². The molecule has 0 amide bonds. The first-order valence-corrected chi connectivity index (χ1v) is 7.11. The molecule has 3 rings (SSSR count). The molecule has 1 spiro atoms. The van der Waals surface area contributed by atoms with E-state index in [0.717, 1.165) is 25.7 Å². The second-order valence-corrected chi connectivity index (χ2v) is 7.87. The minimum absolute atomic E-state index is 0.00514. The van der Waals surface area contributed by atoms with Crippen molar-refractivity contribution in [3.63, 3.8) is 0 Å². The van der Waals surface area contributed by atoms with Crippen LogP contribution in [0.4, 0.5) is 0 Å². The summed E-state index contributed by atoms with van der Waals surface area (Å²) >= 11 is 0. The first-order chi connectivity index (χ1) is 7.68. The second-order valence-electron chi connectivity index (χ2n) is 7.87. The molecule has 4 unspecified atom stereocenters. The molecule has 1 N–H and O–H groups in total. The van der Waals surface area contributed by atoms with Gasteiger partial charge in [-0.15, -0.1) is 0 Å². The summed E-state index contributed by atoms with van der Waals surface area (Å²) in [6.45, 7) is 8.85. The lowest BCUT2D eigenvalue weighted by Crippen LogP contribution is -2.57. The third-order valence-corrected chi connectivity index (χ3v) is 6.04. The SMILES string of the molecule is CC1(O)CCC2(C)CCC3CC2(C1)OC3(C)C. The molecule has 2 nitrogen and oxygen atoms in total. The van der Waals surface area contributed by atoms with Crippen molar-refractivity contribution in [2.75, 3.05) is 0 Å². The topological polar surface area (TPSA) is 29.5 Å². The van der Waals surface area contributed by atoms with Crippen molar-refractivity contribution in [3.8, 4) is 0 Å². The summed E-state index contributed by atoms with van der Waals surface area (Å²) in [6.07, 6.45) is 6.61. The fraction of sp³-hybridized carbons (Fsp3) is 1.00. The largest absolute Gasteiger partial charge is 0.390 e. The Kier molecular flexibility index (Phi) is 2.17. The van der Waals surface area contributed by atoms with Gasteiger partial charge in [0.1, 0.15) is 0 Å². The van der Waals surface area contributed by atoms with Crippen LogP contribution in [0.25, 0.3) is 0 Å². The van der Waals surface area contributed by atoms with Crippen LogP contribution in [0.15, 0.2) is 0 Å². The molecule has 1 saturated heterocycles. The maximum Gasteiger partial charge on any atom is 0.0774 e. The van der Waals surface area contributed by atoms with Crippen LogP contribution in [-0.2, 0) is 4.74 Å². The Morgan fingerprint density at radius 3 is 2.47 bits per heavy atom. The first kappa shape index (κ1) is 12.0. The summed E-state index contributed by atoms with van der Waals surface area (Å²) in [4.78, 5) is 0. The van der Waals surface area contributed by atoms with Gasteiger partial charge in [-0.1, -0.05) is 6.92 Å². The molecule has 3 aliphatic rings. The van der Waals surface area contributed by atoms with E-state index in [0.29, 0.717) is 11.3 Å². The molecular formula is C15H26O2. The first-order valence-electron chi connectivity index (χ1n) is 7.11. The van der Waals surface area contributed by atoms with Crippen LogP contribution in [-0.4, -0.2) is 21.9 Å². The van der Waals surface area contributed by atoms with Crippen molar-refractivity contribution < 1.29 is 9.84 Å². The minimum Gasteiger partial charge on any atom is -0.390 e.